The molecule has 2 heterocycles. The van der Waals surface area contributed by atoms with Gasteiger partial charge in [0, 0.05) is 11.9 Å². The molecule has 110 valence electrons. The first kappa shape index (κ1) is 14.2. The smallest absolute Gasteiger partial charge is 0.347 e. The van der Waals surface area contributed by atoms with E-state index in [9.17, 15) is 9.59 Å². The molecule has 1 N–H and O–H groups in total. The Morgan fingerprint density at radius 2 is 2.23 bits per heavy atom. The van der Waals surface area contributed by atoms with Gasteiger partial charge in [-0.1, -0.05) is 35.6 Å². The van der Waals surface area contributed by atoms with Gasteiger partial charge in [0.2, 0.25) is 5.78 Å². The monoisotopic (exact) mass is 312 g/mol. The normalized spacial score (nSPS) is 10.5. The summed E-state index contributed by atoms with van der Waals surface area (Å²) in [5, 5.41) is 4.31. The highest BCUT2D eigenvalue weighted by Gasteiger charge is 2.18. The van der Waals surface area contributed by atoms with E-state index in [-0.39, 0.29) is 11.3 Å². The van der Waals surface area contributed by atoms with Crippen LogP contribution < -0.4 is 10.9 Å². The topological polar surface area (TPSA) is 72.2 Å². The van der Waals surface area contributed by atoms with Crippen molar-refractivity contribution in [2.45, 2.75) is 0 Å². The molecule has 0 spiro atoms. The van der Waals surface area contributed by atoms with Crippen LogP contribution in [0, 0.1) is 0 Å². The van der Waals surface area contributed by atoms with Crippen LogP contribution in [-0.4, -0.2) is 17.3 Å². The fourth-order valence-corrected chi connectivity index (χ4v) is 2.75. The summed E-state index contributed by atoms with van der Waals surface area (Å²) in [6.07, 6.45) is 3.15. The number of nitrogens with zero attached hydrogens (tertiary/aromatic N) is 1. The molecule has 0 aliphatic rings. The average molecular weight is 312 g/mol. The van der Waals surface area contributed by atoms with Crippen molar-refractivity contribution in [3.63, 3.8) is 0 Å². The molecule has 0 bridgehead atoms. The molecule has 0 aliphatic heterocycles. The molecule has 5 nitrogen and oxygen atoms in total. The van der Waals surface area contributed by atoms with Crippen LogP contribution in [0.5, 0.6) is 0 Å². The second-order valence-corrected chi connectivity index (χ2v) is 5.54. The van der Waals surface area contributed by atoms with E-state index in [1.165, 1.54) is 17.5 Å². The summed E-state index contributed by atoms with van der Waals surface area (Å²) in [6.45, 7) is 4.15. The minimum atomic E-state index is -0.641. The number of ketones is 1. The fourth-order valence-electron chi connectivity index (χ4n) is 1.97. The quantitative estimate of drug-likeness (QED) is 0.445. The molecule has 0 aliphatic carbocycles. The Bertz CT molecular complexity index is 911. The standard InChI is InChI=1S/C16H12N2O3S/c1-2-7-17-16-18-9-13(22-16)14(19)11-8-10-5-3-4-6-12(10)21-15(11)20/h2-6,8-9H,1,7H2,(H,17,18). The number of fused-ring (bicyclic) bond motifs is 1. The van der Waals surface area contributed by atoms with Gasteiger partial charge in [-0.3, -0.25) is 4.79 Å². The minimum absolute atomic E-state index is 0.0117. The Labute approximate surface area is 129 Å². The van der Waals surface area contributed by atoms with E-state index >= 15 is 0 Å². The Morgan fingerprint density at radius 3 is 3.05 bits per heavy atom. The molecule has 0 fully saturated rings. The van der Waals surface area contributed by atoms with Crippen LogP contribution in [-0.2, 0) is 0 Å². The zero-order valence-corrected chi connectivity index (χ0v) is 12.4. The van der Waals surface area contributed by atoms with Gasteiger partial charge in [-0.2, -0.15) is 0 Å². The predicted molar refractivity (Wildman–Crippen MR) is 86.7 cm³/mol. The first-order valence-corrected chi connectivity index (χ1v) is 7.39. The molecular formula is C16H12N2O3S. The van der Waals surface area contributed by atoms with Gasteiger partial charge in [0.1, 0.15) is 11.1 Å². The van der Waals surface area contributed by atoms with E-state index in [1.807, 2.05) is 6.07 Å². The number of aromatic nitrogens is 1. The van der Waals surface area contributed by atoms with Crippen LogP contribution in [0.3, 0.4) is 0 Å². The summed E-state index contributed by atoms with van der Waals surface area (Å²) in [5.41, 5.74) is -0.169. The molecule has 6 heteroatoms. The molecule has 3 rings (SSSR count). The zero-order chi connectivity index (χ0) is 15.5. The maximum absolute atomic E-state index is 12.5. The van der Waals surface area contributed by atoms with Crippen LogP contribution >= 0.6 is 11.3 Å². The van der Waals surface area contributed by atoms with Gasteiger partial charge in [0.05, 0.1) is 11.1 Å². The average Bonchev–Trinajstić information content (AvgIpc) is 3.00. The number of benzene rings is 1. The number of carbonyl (C=O) groups is 1. The van der Waals surface area contributed by atoms with E-state index in [1.54, 1.807) is 30.3 Å². The fraction of sp³-hybridized carbons (Fsp3) is 0.0625. The lowest BCUT2D eigenvalue weighted by Crippen LogP contribution is -2.13. The number of hydrogen-bond acceptors (Lipinski definition) is 6. The summed E-state index contributed by atoms with van der Waals surface area (Å²) < 4.78 is 5.19. The Morgan fingerprint density at radius 1 is 1.41 bits per heavy atom. The second kappa shape index (κ2) is 5.95. The third-order valence-corrected chi connectivity index (χ3v) is 3.97. The van der Waals surface area contributed by atoms with E-state index in [4.69, 9.17) is 4.42 Å². The lowest BCUT2D eigenvalue weighted by Gasteiger charge is -1.99. The molecule has 22 heavy (non-hydrogen) atoms. The highest BCUT2D eigenvalue weighted by molar-refractivity contribution is 7.17. The number of carbonyl (C=O) groups excluding carboxylic acids is 1. The lowest BCUT2D eigenvalue weighted by atomic mass is 10.1. The first-order chi connectivity index (χ1) is 10.7. The molecule has 1 aromatic carbocycles. The van der Waals surface area contributed by atoms with Gasteiger partial charge < -0.3 is 9.73 Å². The Hall–Kier alpha value is -2.73. The number of thiazole rings is 1. The Balaban J connectivity index is 1.98. The molecule has 0 saturated carbocycles. The number of hydrogen-bond donors (Lipinski definition) is 1. The summed E-state index contributed by atoms with van der Waals surface area (Å²) in [4.78, 5) is 28.9. The van der Waals surface area contributed by atoms with Crippen LogP contribution in [0.2, 0.25) is 0 Å². The summed E-state index contributed by atoms with van der Waals surface area (Å²) in [6, 6.07) is 8.63. The first-order valence-electron chi connectivity index (χ1n) is 6.57. The molecule has 2 aromatic heterocycles. The lowest BCUT2D eigenvalue weighted by molar-refractivity contribution is 0.103. The van der Waals surface area contributed by atoms with Crippen molar-refractivity contribution in [1.29, 1.82) is 0 Å². The molecule has 0 atom stereocenters. The van der Waals surface area contributed by atoms with Crippen molar-refractivity contribution in [2.75, 3.05) is 11.9 Å². The maximum atomic E-state index is 12.5. The van der Waals surface area contributed by atoms with Crippen LogP contribution in [0.25, 0.3) is 11.0 Å². The van der Waals surface area contributed by atoms with E-state index in [2.05, 4.69) is 16.9 Å². The molecule has 0 saturated heterocycles. The van der Waals surface area contributed by atoms with Crippen molar-refractivity contribution in [3.8, 4) is 0 Å². The zero-order valence-electron chi connectivity index (χ0n) is 11.5. The van der Waals surface area contributed by atoms with E-state index in [0.717, 1.165) is 0 Å². The van der Waals surface area contributed by atoms with Gasteiger partial charge >= 0.3 is 5.63 Å². The highest BCUT2D eigenvalue weighted by Crippen LogP contribution is 2.21. The highest BCUT2D eigenvalue weighted by atomic mass is 32.1. The van der Waals surface area contributed by atoms with Crippen molar-refractivity contribution < 1.29 is 9.21 Å². The number of anilines is 1. The van der Waals surface area contributed by atoms with Gasteiger partial charge in [-0.05, 0) is 12.1 Å². The van der Waals surface area contributed by atoms with Gasteiger partial charge in [-0.15, -0.1) is 6.58 Å². The molecule has 0 radical (unpaired) electrons. The van der Waals surface area contributed by atoms with Crippen LogP contribution in [0.15, 0.2) is 58.4 Å². The third-order valence-electron chi connectivity index (χ3n) is 3.01. The number of para-hydroxylation sites is 1. The van der Waals surface area contributed by atoms with Crippen molar-refractivity contribution in [2.24, 2.45) is 0 Å². The van der Waals surface area contributed by atoms with Crippen LogP contribution in [0.4, 0.5) is 5.13 Å². The summed E-state index contributed by atoms with van der Waals surface area (Å²) in [7, 11) is 0. The van der Waals surface area contributed by atoms with Crippen molar-refractivity contribution in [3.05, 3.63) is 70.0 Å². The third kappa shape index (κ3) is 2.68. The second-order valence-electron chi connectivity index (χ2n) is 4.51. The molecule has 0 amide bonds. The summed E-state index contributed by atoms with van der Waals surface area (Å²) >= 11 is 1.19. The van der Waals surface area contributed by atoms with Crippen molar-refractivity contribution in [1.82, 2.24) is 4.98 Å². The van der Waals surface area contributed by atoms with Gasteiger partial charge in [0.25, 0.3) is 0 Å². The van der Waals surface area contributed by atoms with E-state index in [0.29, 0.717) is 27.5 Å². The molecule has 0 unspecified atom stereocenters. The van der Waals surface area contributed by atoms with E-state index < -0.39 is 5.63 Å². The molecule has 3 aromatic rings. The number of rotatable bonds is 5. The van der Waals surface area contributed by atoms with Crippen LogP contribution in [0.1, 0.15) is 15.2 Å². The predicted octanol–water partition coefficient (Wildman–Crippen LogP) is 3.08. The number of nitrogens with one attached hydrogen (secondary N) is 1. The van der Waals surface area contributed by atoms with Gasteiger partial charge in [-0.25, -0.2) is 9.78 Å². The SMILES string of the molecule is C=CCNc1ncc(C(=O)c2cc3ccccc3oc2=O)s1. The maximum Gasteiger partial charge on any atom is 0.347 e. The minimum Gasteiger partial charge on any atom is -0.422 e. The molecular weight excluding hydrogens is 300 g/mol. The Kier molecular flexibility index (Phi) is 3.84. The van der Waals surface area contributed by atoms with Gasteiger partial charge in [0.15, 0.2) is 5.13 Å². The summed E-state index contributed by atoms with van der Waals surface area (Å²) in [5.74, 6) is -0.386. The van der Waals surface area contributed by atoms with Crippen molar-refractivity contribution >= 4 is 33.2 Å². The largest absolute Gasteiger partial charge is 0.422 e.